The van der Waals surface area contributed by atoms with Crippen molar-refractivity contribution in [2.45, 2.75) is 44.1 Å². The molecule has 7 nitrogen and oxygen atoms in total. The molecule has 1 aliphatic carbocycles. The van der Waals surface area contributed by atoms with Crippen LogP contribution in [0.4, 0.5) is 0 Å². The van der Waals surface area contributed by atoms with Gasteiger partial charge in [-0.2, -0.15) is 0 Å². The van der Waals surface area contributed by atoms with E-state index in [-0.39, 0.29) is 17.6 Å². The van der Waals surface area contributed by atoms with Crippen LogP contribution in [0, 0.1) is 0 Å². The first kappa shape index (κ1) is 21.1. The lowest BCUT2D eigenvalue weighted by atomic mass is 9.77. The van der Waals surface area contributed by atoms with E-state index in [1.54, 1.807) is 0 Å². The minimum Gasteiger partial charge on any atom is -0.364 e. The number of primary amides is 1. The monoisotopic (exact) mass is 437 g/mol. The van der Waals surface area contributed by atoms with Gasteiger partial charge in [0.2, 0.25) is 5.91 Å². The summed E-state index contributed by atoms with van der Waals surface area (Å²) in [6.45, 7) is 1.97. The Labute approximate surface area is 185 Å². The Bertz CT molecular complexity index is 1090. The highest BCUT2D eigenvalue weighted by Gasteiger charge is 2.43. The Morgan fingerprint density at radius 1 is 1.10 bits per heavy atom. The Morgan fingerprint density at radius 3 is 2.32 bits per heavy atom. The number of carbonyl (C=O) groups is 2. The number of nitrogens with zero attached hydrogens (tertiary/aromatic N) is 3. The molecule has 2 amide bonds. The number of benzene rings is 2. The third kappa shape index (κ3) is 4.18. The highest BCUT2D eigenvalue weighted by atomic mass is 35.5. The largest absolute Gasteiger partial charge is 0.364 e. The van der Waals surface area contributed by atoms with Crippen LogP contribution < -0.4 is 11.1 Å². The van der Waals surface area contributed by atoms with Crippen molar-refractivity contribution >= 4 is 23.4 Å². The molecule has 160 valence electrons. The first-order valence-corrected chi connectivity index (χ1v) is 10.7. The first-order valence-electron chi connectivity index (χ1n) is 10.3. The Balaban J connectivity index is 1.50. The second-order valence-electron chi connectivity index (χ2n) is 8.00. The van der Waals surface area contributed by atoms with E-state index in [0.717, 1.165) is 42.5 Å². The number of nitrogens with one attached hydrogen (secondary N) is 1. The summed E-state index contributed by atoms with van der Waals surface area (Å²) in [5.74, 6) is -0.577. The predicted molar refractivity (Wildman–Crippen MR) is 118 cm³/mol. The molecule has 0 radical (unpaired) electrons. The summed E-state index contributed by atoms with van der Waals surface area (Å²) >= 11 is 6.05. The molecular formula is C23H24ClN5O2. The molecule has 1 aliphatic rings. The standard InChI is InChI=1S/C23H24ClN5O2/c1-15(16-4-10-19(11-5-16)29-14-20(21(25)30)27-28-29)26-22(31)23(12-2-3-13-23)17-6-8-18(24)9-7-17/h4-11,14-15H,2-3,12-13H2,1H3,(H2,25,30)(H,26,31)/t15-/m1/s1. The van der Waals surface area contributed by atoms with Crippen LogP contribution >= 0.6 is 11.6 Å². The second kappa shape index (κ2) is 8.51. The van der Waals surface area contributed by atoms with Crippen LogP contribution in [0.25, 0.3) is 5.69 Å². The van der Waals surface area contributed by atoms with E-state index in [0.29, 0.717) is 5.02 Å². The van der Waals surface area contributed by atoms with Gasteiger partial charge in [-0.3, -0.25) is 9.59 Å². The summed E-state index contributed by atoms with van der Waals surface area (Å²) in [6.07, 6.45) is 5.22. The maximum atomic E-state index is 13.4. The van der Waals surface area contributed by atoms with Crippen molar-refractivity contribution in [3.8, 4) is 5.69 Å². The summed E-state index contributed by atoms with van der Waals surface area (Å²) in [5.41, 5.74) is 7.56. The molecule has 8 heteroatoms. The summed E-state index contributed by atoms with van der Waals surface area (Å²) < 4.78 is 1.49. The van der Waals surface area contributed by atoms with Crippen LogP contribution in [-0.4, -0.2) is 26.8 Å². The van der Waals surface area contributed by atoms with Crippen molar-refractivity contribution in [1.82, 2.24) is 20.3 Å². The Kier molecular flexibility index (Phi) is 5.78. The van der Waals surface area contributed by atoms with Crippen molar-refractivity contribution in [2.75, 3.05) is 0 Å². The summed E-state index contributed by atoms with van der Waals surface area (Å²) in [5, 5.41) is 11.5. The van der Waals surface area contributed by atoms with Crippen molar-refractivity contribution in [3.05, 3.63) is 76.6 Å². The minimum atomic E-state index is -0.624. The van der Waals surface area contributed by atoms with Crippen LogP contribution in [0.1, 0.15) is 60.3 Å². The van der Waals surface area contributed by atoms with Gasteiger partial charge in [0, 0.05) is 5.02 Å². The van der Waals surface area contributed by atoms with E-state index < -0.39 is 11.3 Å². The van der Waals surface area contributed by atoms with Gasteiger partial charge in [-0.1, -0.05) is 53.9 Å². The average Bonchev–Trinajstić information content (AvgIpc) is 3.45. The van der Waals surface area contributed by atoms with Gasteiger partial charge in [-0.05, 0) is 55.2 Å². The number of halogens is 1. The van der Waals surface area contributed by atoms with Crippen molar-refractivity contribution in [3.63, 3.8) is 0 Å². The number of nitrogens with two attached hydrogens (primary N) is 1. The lowest BCUT2D eigenvalue weighted by Crippen LogP contribution is -2.43. The normalized spacial score (nSPS) is 16.1. The topological polar surface area (TPSA) is 103 Å². The minimum absolute atomic E-state index is 0.0475. The predicted octanol–water partition coefficient (Wildman–Crippen LogP) is 3.71. The molecule has 1 fully saturated rings. The number of aromatic nitrogens is 3. The molecule has 3 aromatic rings. The van der Waals surface area contributed by atoms with Gasteiger partial charge < -0.3 is 11.1 Å². The summed E-state index contributed by atoms with van der Waals surface area (Å²) in [6, 6.07) is 15.0. The number of carbonyl (C=O) groups excluding carboxylic acids is 2. The summed E-state index contributed by atoms with van der Waals surface area (Å²) in [4.78, 5) is 24.6. The molecule has 1 atom stereocenters. The van der Waals surface area contributed by atoms with Crippen LogP contribution in [-0.2, 0) is 10.2 Å². The molecule has 0 aliphatic heterocycles. The zero-order valence-corrected chi connectivity index (χ0v) is 18.0. The van der Waals surface area contributed by atoms with Crippen molar-refractivity contribution in [2.24, 2.45) is 5.73 Å². The van der Waals surface area contributed by atoms with Gasteiger partial charge in [0.05, 0.1) is 23.3 Å². The summed E-state index contributed by atoms with van der Waals surface area (Å²) in [7, 11) is 0. The van der Waals surface area contributed by atoms with Gasteiger partial charge in [-0.25, -0.2) is 4.68 Å². The molecule has 2 aromatic carbocycles. The van der Waals surface area contributed by atoms with E-state index in [1.807, 2.05) is 55.5 Å². The quantitative estimate of drug-likeness (QED) is 0.613. The zero-order valence-electron chi connectivity index (χ0n) is 17.2. The smallest absolute Gasteiger partial charge is 0.270 e. The Morgan fingerprint density at radius 2 is 1.74 bits per heavy atom. The van der Waals surface area contributed by atoms with E-state index in [4.69, 9.17) is 17.3 Å². The third-order valence-electron chi connectivity index (χ3n) is 6.04. The Hall–Kier alpha value is -3.19. The van der Waals surface area contributed by atoms with Crippen molar-refractivity contribution < 1.29 is 9.59 Å². The van der Waals surface area contributed by atoms with Crippen LogP contribution in [0.15, 0.2) is 54.7 Å². The molecule has 4 rings (SSSR count). The first-order chi connectivity index (χ1) is 14.9. The second-order valence-corrected chi connectivity index (χ2v) is 8.43. The van der Waals surface area contributed by atoms with Gasteiger partial charge in [0.25, 0.3) is 5.91 Å². The van der Waals surface area contributed by atoms with Crippen molar-refractivity contribution in [1.29, 1.82) is 0 Å². The van der Waals surface area contributed by atoms with Gasteiger partial charge >= 0.3 is 0 Å². The van der Waals surface area contributed by atoms with Gasteiger partial charge in [0.15, 0.2) is 5.69 Å². The fourth-order valence-corrected chi connectivity index (χ4v) is 4.36. The fraction of sp³-hybridized carbons (Fsp3) is 0.304. The average molecular weight is 438 g/mol. The number of amides is 2. The molecule has 0 spiro atoms. The number of hydrogen-bond donors (Lipinski definition) is 2. The third-order valence-corrected chi connectivity index (χ3v) is 6.29. The fourth-order valence-electron chi connectivity index (χ4n) is 4.23. The highest BCUT2D eigenvalue weighted by Crippen LogP contribution is 2.42. The SMILES string of the molecule is C[C@@H](NC(=O)C1(c2ccc(Cl)cc2)CCCC1)c1ccc(-n2cc(C(N)=O)nn2)cc1. The molecule has 1 saturated carbocycles. The molecule has 0 bridgehead atoms. The molecule has 0 unspecified atom stereocenters. The molecule has 0 saturated heterocycles. The lowest BCUT2D eigenvalue weighted by Gasteiger charge is -2.30. The van der Waals surface area contributed by atoms with Crippen LogP contribution in [0.2, 0.25) is 5.02 Å². The maximum Gasteiger partial charge on any atom is 0.270 e. The number of rotatable bonds is 6. The molecule has 1 aromatic heterocycles. The van der Waals surface area contributed by atoms with E-state index in [1.165, 1.54) is 10.9 Å². The molecule has 31 heavy (non-hydrogen) atoms. The molecule has 3 N–H and O–H groups in total. The van der Waals surface area contributed by atoms with Crippen LogP contribution in [0.3, 0.4) is 0 Å². The maximum absolute atomic E-state index is 13.4. The molecular weight excluding hydrogens is 414 g/mol. The van der Waals surface area contributed by atoms with Gasteiger partial charge in [0.1, 0.15) is 0 Å². The van der Waals surface area contributed by atoms with Gasteiger partial charge in [-0.15, -0.1) is 5.10 Å². The van der Waals surface area contributed by atoms with E-state index in [9.17, 15) is 9.59 Å². The van der Waals surface area contributed by atoms with E-state index in [2.05, 4.69) is 15.6 Å². The highest BCUT2D eigenvalue weighted by molar-refractivity contribution is 6.30. The van der Waals surface area contributed by atoms with Crippen LogP contribution in [0.5, 0.6) is 0 Å². The lowest BCUT2D eigenvalue weighted by molar-refractivity contribution is -0.127. The molecule has 1 heterocycles. The number of hydrogen-bond acceptors (Lipinski definition) is 4. The van der Waals surface area contributed by atoms with E-state index >= 15 is 0 Å². The zero-order chi connectivity index (χ0) is 22.0.